The van der Waals surface area contributed by atoms with E-state index in [4.69, 9.17) is 9.15 Å². The quantitative estimate of drug-likeness (QED) is 0.691. The fourth-order valence-corrected chi connectivity index (χ4v) is 1.33. The monoisotopic (exact) mass is 181 g/mol. The van der Waals surface area contributed by atoms with Crippen LogP contribution in [0.5, 0.6) is 0 Å². The van der Waals surface area contributed by atoms with E-state index in [9.17, 15) is 4.79 Å². The molecule has 1 amide bonds. The number of hydrogen-bond acceptors (Lipinski definition) is 3. The van der Waals surface area contributed by atoms with Crippen LogP contribution < -0.4 is 5.32 Å². The topological polar surface area (TPSA) is 51.5 Å². The SMILES string of the molecule is CC1(c2ccco2)CNC(=O)CO1. The van der Waals surface area contributed by atoms with Crippen molar-refractivity contribution in [2.75, 3.05) is 13.2 Å². The van der Waals surface area contributed by atoms with Gasteiger partial charge < -0.3 is 14.5 Å². The molecule has 13 heavy (non-hydrogen) atoms. The van der Waals surface area contributed by atoms with Gasteiger partial charge in [-0.05, 0) is 19.1 Å². The van der Waals surface area contributed by atoms with Crippen molar-refractivity contribution in [1.82, 2.24) is 5.32 Å². The predicted octanol–water partition coefficient (Wildman–Crippen LogP) is 0.641. The number of morpholine rings is 1. The molecule has 4 nitrogen and oxygen atoms in total. The minimum Gasteiger partial charge on any atom is -0.466 e. The second-order valence-electron chi connectivity index (χ2n) is 3.27. The van der Waals surface area contributed by atoms with Crippen molar-refractivity contribution in [2.45, 2.75) is 12.5 Å². The smallest absolute Gasteiger partial charge is 0.246 e. The highest BCUT2D eigenvalue weighted by atomic mass is 16.5. The van der Waals surface area contributed by atoms with Gasteiger partial charge >= 0.3 is 0 Å². The lowest BCUT2D eigenvalue weighted by atomic mass is 10.0. The van der Waals surface area contributed by atoms with Crippen LogP contribution in [0, 0.1) is 0 Å². The van der Waals surface area contributed by atoms with Crippen LogP contribution >= 0.6 is 0 Å². The molecule has 0 aromatic carbocycles. The van der Waals surface area contributed by atoms with Gasteiger partial charge in [-0.25, -0.2) is 0 Å². The Bertz CT molecular complexity index is 295. The number of carbonyl (C=O) groups is 1. The van der Waals surface area contributed by atoms with E-state index in [2.05, 4.69) is 5.32 Å². The molecule has 1 aliphatic rings. The number of carbonyl (C=O) groups excluding carboxylic acids is 1. The molecule has 0 bridgehead atoms. The molecule has 2 heterocycles. The Morgan fingerprint density at radius 2 is 2.46 bits per heavy atom. The first-order chi connectivity index (χ1) is 6.21. The molecule has 1 atom stereocenters. The number of amides is 1. The second kappa shape index (κ2) is 2.88. The fourth-order valence-electron chi connectivity index (χ4n) is 1.33. The highest BCUT2D eigenvalue weighted by molar-refractivity contribution is 5.78. The van der Waals surface area contributed by atoms with Crippen molar-refractivity contribution in [2.24, 2.45) is 0 Å². The molecule has 1 unspecified atom stereocenters. The Morgan fingerprint density at radius 3 is 3.00 bits per heavy atom. The number of ether oxygens (including phenoxy) is 1. The van der Waals surface area contributed by atoms with Gasteiger partial charge in [0.15, 0.2) is 0 Å². The summed E-state index contributed by atoms with van der Waals surface area (Å²) in [5.74, 6) is 0.663. The van der Waals surface area contributed by atoms with Crippen molar-refractivity contribution in [3.8, 4) is 0 Å². The lowest BCUT2D eigenvalue weighted by Gasteiger charge is -2.31. The summed E-state index contributed by atoms with van der Waals surface area (Å²) in [4.78, 5) is 10.9. The first kappa shape index (κ1) is 8.31. The van der Waals surface area contributed by atoms with Crippen molar-refractivity contribution in [1.29, 1.82) is 0 Å². The predicted molar refractivity (Wildman–Crippen MR) is 45.0 cm³/mol. The van der Waals surface area contributed by atoms with E-state index in [0.29, 0.717) is 6.54 Å². The first-order valence-electron chi connectivity index (χ1n) is 4.15. The molecular weight excluding hydrogens is 170 g/mol. The lowest BCUT2D eigenvalue weighted by Crippen LogP contribution is -2.48. The summed E-state index contributed by atoms with van der Waals surface area (Å²) in [6.45, 7) is 2.45. The molecule has 0 radical (unpaired) electrons. The van der Waals surface area contributed by atoms with Gasteiger partial charge in [-0.15, -0.1) is 0 Å². The van der Waals surface area contributed by atoms with Crippen molar-refractivity contribution in [3.63, 3.8) is 0 Å². The molecule has 1 saturated heterocycles. The van der Waals surface area contributed by atoms with E-state index < -0.39 is 5.60 Å². The summed E-state index contributed by atoms with van der Waals surface area (Å²) >= 11 is 0. The van der Waals surface area contributed by atoms with Crippen molar-refractivity contribution >= 4 is 5.91 Å². The van der Waals surface area contributed by atoms with Crippen LogP contribution in [0.1, 0.15) is 12.7 Å². The van der Waals surface area contributed by atoms with Crippen LogP contribution in [-0.2, 0) is 15.1 Å². The van der Waals surface area contributed by atoms with Gasteiger partial charge in [0.05, 0.1) is 12.8 Å². The van der Waals surface area contributed by atoms with E-state index in [1.54, 1.807) is 12.3 Å². The number of hydrogen-bond donors (Lipinski definition) is 1. The Labute approximate surface area is 75.9 Å². The van der Waals surface area contributed by atoms with Crippen molar-refractivity contribution < 1.29 is 13.9 Å². The van der Waals surface area contributed by atoms with Crippen LogP contribution in [0.25, 0.3) is 0 Å². The second-order valence-corrected chi connectivity index (χ2v) is 3.27. The summed E-state index contributed by atoms with van der Waals surface area (Å²) < 4.78 is 10.7. The molecule has 1 aromatic rings. The normalized spacial score (nSPS) is 28.5. The Balaban J connectivity index is 2.18. The van der Waals surface area contributed by atoms with Gasteiger partial charge in [0.25, 0.3) is 0 Å². The van der Waals surface area contributed by atoms with Gasteiger partial charge in [-0.1, -0.05) is 0 Å². The van der Waals surface area contributed by atoms with Crippen LogP contribution in [-0.4, -0.2) is 19.1 Å². The van der Waals surface area contributed by atoms with Crippen LogP contribution in [0.2, 0.25) is 0 Å². The molecule has 1 fully saturated rings. The molecule has 70 valence electrons. The maximum atomic E-state index is 10.9. The summed E-state index contributed by atoms with van der Waals surface area (Å²) in [7, 11) is 0. The Hall–Kier alpha value is -1.29. The number of rotatable bonds is 1. The van der Waals surface area contributed by atoms with E-state index in [-0.39, 0.29) is 12.5 Å². The van der Waals surface area contributed by atoms with E-state index in [0.717, 1.165) is 5.76 Å². The molecule has 1 N–H and O–H groups in total. The Morgan fingerprint density at radius 1 is 1.62 bits per heavy atom. The zero-order valence-corrected chi connectivity index (χ0v) is 7.37. The third kappa shape index (κ3) is 1.45. The summed E-state index contributed by atoms with van der Waals surface area (Å²) in [5.41, 5.74) is -0.516. The van der Waals surface area contributed by atoms with Gasteiger partial charge in [0, 0.05) is 0 Å². The minimum atomic E-state index is -0.516. The molecule has 0 aliphatic carbocycles. The fraction of sp³-hybridized carbons (Fsp3) is 0.444. The third-order valence-electron chi connectivity index (χ3n) is 2.19. The van der Waals surface area contributed by atoms with Crippen LogP contribution in [0.3, 0.4) is 0 Å². The van der Waals surface area contributed by atoms with Gasteiger partial charge in [-0.2, -0.15) is 0 Å². The van der Waals surface area contributed by atoms with Gasteiger partial charge in [0.1, 0.15) is 18.0 Å². The van der Waals surface area contributed by atoms with Crippen LogP contribution in [0.4, 0.5) is 0 Å². The molecule has 1 aromatic heterocycles. The number of furan rings is 1. The molecule has 1 aliphatic heterocycles. The standard InChI is InChI=1S/C9H11NO3/c1-9(7-3-2-4-12-7)6-10-8(11)5-13-9/h2-4H,5-6H2,1H3,(H,10,11). The minimum absolute atomic E-state index is 0.0796. The average Bonchev–Trinajstić information content (AvgIpc) is 2.63. The van der Waals surface area contributed by atoms with Gasteiger partial charge in [-0.3, -0.25) is 4.79 Å². The van der Waals surface area contributed by atoms with Crippen LogP contribution in [0.15, 0.2) is 22.8 Å². The zero-order valence-electron chi connectivity index (χ0n) is 7.37. The summed E-state index contributed by atoms with van der Waals surface area (Å²) in [6, 6.07) is 3.65. The molecule has 0 spiro atoms. The summed E-state index contributed by atoms with van der Waals surface area (Å²) in [5, 5.41) is 2.74. The highest BCUT2D eigenvalue weighted by Gasteiger charge is 2.35. The molecular formula is C9H11NO3. The maximum Gasteiger partial charge on any atom is 0.246 e. The van der Waals surface area contributed by atoms with E-state index in [1.807, 2.05) is 13.0 Å². The Kier molecular flexibility index (Phi) is 1.84. The number of nitrogens with one attached hydrogen (secondary N) is 1. The largest absolute Gasteiger partial charge is 0.466 e. The van der Waals surface area contributed by atoms with Gasteiger partial charge in [0.2, 0.25) is 5.91 Å². The summed E-state index contributed by atoms with van der Waals surface area (Å²) in [6.07, 6.45) is 1.60. The molecule has 2 rings (SSSR count). The highest BCUT2D eigenvalue weighted by Crippen LogP contribution is 2.26. The first-order valence-corrected chi connectivity index (χ1v) is 4.15. The average molecular weight is 181 g/mol. The zero-order chi connectivity index (χ0) is 9.31. The third-order valence-corrected chi connectivity index (χ3v) is 2.19. The lowest BCUT2D eigenvalue weighted by molar-refractivity contribution is -0.144. The molecule has 0 saturated carbocycles. The molecule has 4 heteroatoms. The van der Waals surface area contributed by atoms with Crippen molar-refractivity contribution in [3.05, 3.63) is 24.2 Å². The van der Waals surface area contributed by atoms with E-state index >= 15 is 0 Å². The van der Waals surface area contributed by atoms with E-state index in [1.165, 1.54) is 0 Å². The maximum absolute atomic E-state index is 10.9.